The minimum absolute atomic E-state index is 0.259. The van der Waals surface area contributed by atoms with Gasteiger partial charge >= 0.3 is 0 Å². The first kappa shape index (κ1) is 16.1. The summed E-state index contributed by atoms with van der Waals surface area (Å²) >= 11 is 0. The summed E-state index contributed by atoms with van der Waals surface area (Å²) in [7, 11) is 0. The zero-order valence-corrected chi connectivity index (χ0v) is 13.3. The van der Waals surface area contributed by atoms with E-state index in [9.17, 15) is 4.79 Å². The maximum atomic E-state index is 12.3. The number of hydrogen-bond donors (Lipinski definition) is 2. The molecular weight excluding hydrogens is 314 g/mol. The lowest BCUT2D eigenvalue weighted by Crippen LogP contribution is -2.12. The van der Waals surface area contributed by atoms with Gasteiger partial charge in [0.05, 0.1) is 22.9 Å². The molecule has 2 heterocycles. The molecule has 2 aromatic heterocycles. The van der Waals surface area contributed by atoms with Crippen molar-refractivity contribution in [2.24, 2.45) is 0 Å². The predicted molar refractivity (Wildman–Crippen MR) is 94.9 cm³/mol. The van der Waals surface area contributed by atoms with Crippen LogP contribution in [0.5, 0.6) is 0 Å². The second kappa shape index (κ2) is 7.70. The molecule has 0 atom stereocenters. The number of carbonyl (C=O) groups excluding carboxylic acids is 1. The van der Waals surface area contributed by atoms with Crippen molar-refractivity contribution in [2.45, 2.75) is 6.54 Å². The topological polar surface area (TPSA) is 90.7 Å². The first-order valence-electron chi connectivity index (χ1n) is 7.64. The first-order valence-corrected chi connectivity index (χ1v) is 7.64. The maximum absolute atomic E-state index is 12.3. The van der Waals surface area contributed by atoms with Crippen LogP contribution >= 0.6 is 0 Å². The normalized spacial score (nSPS) is 9.88. The molecule has 6 nitrogen and oxygen atoms in total. The quantitative estimate of drug-likeness (QED) is 0.750. The van der Waals surface area contributed by atoms with Gasteiger partial charge < -0.3 is 10.6 Å². The van der Waals surface area contributed by atoms with Crippen LogP contribution in [0.3, 0.4) is 0 Å². The van der Waals surface area contributed by atoms with Gasteiger partial charge in [-0.25, -0.2) is 0 Å². The molecule has 122 valence electrons. The summed E-state index contributed by atoms with van der Waals surface area (Å²) in [5.74, 6) is -0.259. The summed E-state index contributed by atoms with van der Waals surface area (Å²) in [5.41, 5.74) is 3.46. The summed E-state index contributed by atoms with van der Waals surface area (Å²) in [4.78, 5) is 20.4. The van der Waals surface area contributed by atoms with Crippen LogP contribution in [0.1, 0.15) is 21.5 Å². The summed E-state index contributed by atoms with van der Waals surface area (Å²) in [6, 6.07) is 14.3. The standard InChI is InChI=1S/C19H15N5O/c20-10-14-1-3-17(4-2-14)24-19(25)16-9-18(13-22-12-16)23-11-15-5-7-21-8-6-15/h1-9,12-13,23H,11H2,(H,24,25). The van der Waals surface area contributed by atoms with E-state index in [0.717, 1.165) is 11.3 Å². The Labute approximate surface area is 145 Å². The van der Waals surface area contributed by atoms with E-state index in [1.807, 2.05) is 18.2 Å². The Hall–Kier alpha value is -3.72. The molecule has 0 aliphatic rings. The molecule has 0 bridgehead atoms. The number of pyridine rings is 2. The van der Waals surface area contributed by atoms with Crippen LogP contribution in [-0.2, 0) is 6.54 Å². The Balaban J connectivity index is 1.65. The highest BCUT2D eigenvalue weighted by atomic mass is 16.1. The monoisotopic (exact) mass is 329 g/mol. The lowest BCUT2D eigenvalue weighted by Gasteiger charge is -2.09. The van der Waals surface area contributed by atoms with Crippen molar-refractivity contribution in [1.29, 1.82) is 5.26 Å². The largest absolute Gasteiger partial charge is 0.380 e. The van der Waals surface area contributed by atoms with Crippen LogP contribution in [0.2, 0.25) is 0 Å². The number of carbonyl (C=O) groups is 1. The molecule has 25 heavy (non-hydrogen) atoms. The fourth-order valence-corrected chi connectivity index (χ4v) is 2.20. The van der Waals surface area contributed by atoms with Gasteiger partial charge in [-0.05, 0) is 48.0 Å². The van der Waals surface area contributed by atoms with Crippen molar-refractivity contribution in [3.63, 3.8) is 0 Å². The SMILES string of the molecule is N#Cc1ccc(NC(=O)c2cncc(NCc3ccncc3)c2)cc1. The summed E-state index contributed by atoms with van der Waals surface area (Å²) in [6.45, 7) is 0.616. The molecule has 0 saturated heterocycles. The van der Waals surface area contributed by atoms with Crippen molar-refractivity contribution < 1.29 is 4.79 Å². The number of nitrogens with one attached hydrogen (secondary N) is 2. The van der Waals surface area contributed by atoms with E-state index in [-0.39, 0.29) is 5.91 Å². The van der Waals surface area contributed by atoms with Crippen LogP contribution in [-0.4, -0.2) is 15.9 Å². The summed E-state index contributed by atoms with van der Waals surface area (Å²) < 4.78 is 0. The highest BCUT2D eigenvalue weighted by Gasteiger charge is 2.08. The van der Waals surface area contributed by atoms with Crippen LogP contribution < -0.4 is 10.6 Å². The van der Waals surface area contributed by atoms with Crippen molar-refractivity contribution >= 4 is 17.3 Å². The number of nitrogens with zero attached hydrogens (tertiary/aromatic N) is 3. The van der Waals surface area contributed by atoms with Crippen LogP contribution in [0, 0.1) is 11.3 Å². The van der Waals surface area contributed by atoms with Crippen LogP contribution in [0.15, 0.2) is 67.3 Å². The molecule has 0 saturated carbocycles. The van der Waals surface area contributed by atoms with Crippen molar-refractivity contribution in [1.82, 2.24) is 9.97 Å². The van der Waals surface area contributed by atoms with Crippen LogP contribution in [0.4, 0.5) is 11.4 Å². The van der Waals surface area contributed by atoms with Gasteiger partial charge in [-0.3, -0.25) is 14.8 Å². The van der Waals surface area contributed by atoms with Gasteiger partial charge in [0, 0.05) is 37.0 Å². The summed E-state index contributed by atoms with van der Waals surface area (Å²) in [6.07, 6.45) is 6.64. The fraction of sp³-hybridized carbons (Fsp3) is 0.0526. The molecule has 0 fully saturated rings. The zero-order chi connectivity index (χ0) is 17.5. The first-order chi connectivity index (χ1) is 12.2. The number of nitriles is 1. The van der Waals surface area contributed by atoms with Gasteiger partial charge in [-0.2, -0.15) is 5.26 Å². The lowest BCUT2D eigenvalue weighted by atomic mass is 10.2. The minimum Gasteiger partial charge on any atom is -0.380 e. The van der Waals surface area contributed by atoms with Gasteiger partial charge in [-0.15, -0.1) is 0 Å². The summed E-state index contributed by atoms with van der Waals surface area (Å²) in [5, 5.41) is 14.8. The number of aromatic nitrogens is 2. The van der Waals surface area contributed by atoms with Crippen molar-refractivity contribution in [2.75, 3.05) is 10.6 Å². The Kier molecular flexibility index (Phi) is 4.98. The third kappa shape index (κ3) is 4.39. The maximum Gasteiger partial charge on any atom is 0.257 e. The molecule has 2 N–H and O–H groups in total. The molecule has 0 spiro atoms. The highest BCUT2D eigenvalue weighted by molar-refractivity contribution is 6.04. The molecule has 0 aliphatic carbocycles. The number of anilines is 2. The third-order valence-electron chi connectivity index (χ3n) is 3.52. The van der Waals surface area contributed by atoms with E-state index in [4.69, 9.17) is 5.26 Å². The Morgan fingerprint density at radius 1 is 1.00 bits per heavy atom. The van der Waals surface area contributed by atoms with Gasteiger partial charge in [0.15, 0.2) is 0 Å². The van der Waals surface area contributed by atoms with E-state index < -0.39 is 0 Å². The smallest absolute Gasteiger partial charge is 0.257 e. The molecular formula is C19H15N5O. The molecule has 6 heteroatoms. The highest BCUT2D eigenvalue weighted by Crippen LogP contribution is 2.14. The molecule has 3 rings (SSSR count). The van der Waals surface area contributed by atoms with Crippen molar-refractivity contribution in [3.05, 3.63) is 83.9 Å². The Bertz CT molecular complexity index is 901. The zero-order valence-electron chi connectivity index (χ0n) is 13.3. The second-order valence-corrected chi connectivity index (χ2v) is 5.31. The van der Waals surface area contributed by atoms with E-state index >= 15 is 0 Å². The minimum atomic E-state index is -0.259. The Morgan fingerprint density at radius 3 is 2.48 bits per heavy atom. The molecule has 3 aromatic rings. The van der Waals surface area contributed by atoms with Gasteiger partial charge in [0.25, 0.3) is 5.91 Å². The third-order valence-corrected chi connectivity index (χ3v) is 3.52. The lowest BCUT2D eigenvalue weighted by molar-refractivity contribution is 0.102. The van der Waals surface area contributed by atoms with E-state index in [1.54, 1.807) is 48.9 Å². The number of hydrogen-bond acceptors (Lipinski definition) is 5. The average molecular weight is 329 g/mol. The second-order valence-electron chi connectivity index (χ2n) is 5.31. The molecule has 0 aliphatic heterocycles. The van der Waals surface area contributed by atoms with E-state index in [1.165, 1.54) is 6.20 Å². The number of rotatable bonds is 5. The number of amides is 1. The molecule has 1 amide bonds. The van der Waals surface area contributed by atoms with Gasteiger partial charge in [0.1, 0.15) is 0 Å². The van der Waals surface area contributed by atoms with Crippen molar-refractivity contribution in [3.8, 4) is 6.07 Å². The Morgan fingerprint density at radius 2 is 1.76 bits per heavy atom. The van der Waals surface area contributed by atoms with Crippen LogP contribution in [0.25, 0.3) is 0 Å². The molecule has 0 radical (unpaired) electrons. The molecule has 1 aromatic carbocycles. The number of benzene rings is 1. The van der Waals surface area contributed by atoms with Gasteiger partial charge in [-0.1, -0.05) is 0 Å². The van der Waals surface area contributed by atoms with E-state index in [0.29, 0.717) is 23.4 Å². The van der Waals surface area contributed by atoms with E-state index in [2.05, 4.69) is 20.6 Å². The van der Waals surface area contributed by atoms with Gasteiger partial charge in [0.2, 0.25) is 0 Å². The average Bonchev–Trinajstić information content (AvgIpc) is 2.68. The fourth-order valence-electron chi connectivity index (χ4n) is 2.20. The molecule has 0 unspecified atom stereocenters. The predicted octanol–water partition coefficient (Wildman–Crippen LogP) is 3.21.